The average molecular weight is 387 g/mol. The summed E-state index contributed by atoms with van der Waals surface area (Å²) in [5.41, 5.74) is 0.453. The van der Waals surface area contributed by atoms with Crippen LogP contribution < -0.4 is 9.62 Å². The second kappa shape index (κ2) is 8.90. The fourth-order valence-electron chi connectivity index (χ4n) is 3.37. The zero-order chi connectivity index (χ0) is 18.4. The van der Waals surface area contributed by atoms with Gasteiger partial charge in [-0.05, 0) is 43.5 Å². The first kappa shape index (κ1) is 20.0. The van der Waals surface area contributed by atoms with Gasteiger partial charge in [0.2, 0.25) is 15.9 Å². The van der Waals surface area contributed by atoms with Crippen molar-refractivity contribution >= 4 is 33.2 Å². The third kappa shape index (κ3) is 5.61. The maximum atomic E-state index is 12.8. The number of carbonyl (C=O) groups excluding carboxylic acids is 1. The van der Waals surface area contributed by atoms with Crippen molar-refractivity contribution in [3.63, 3.8) is 0 Å². The molecule has 0 radical (unpaired) electrons. The maximum absolute atomic E-state index is 12.8. The van der Waals surface area contributed by atoms with E-state index in [1.807, 2.05) is 6.92 Å². The van der Waals surface area contributed by atoms with Crippen molar-refractivity contribution < 1.29 is 13.2 Å². The van der Waals surface area contributed by atoms with Gasteiger partial charge in [-0.1, -0.05) is 44.2 Å². The van der Waals surface area contributed by atoms with E-state index < -0.39 is 16.1 Å². The van der Waals surface area contributed by atoms with Crippen molar-refractivity contribution in [1.82, 2.24) is 5.32 Å². The van der Waals surface area contributed by atoms with Crippen LogP contribution in [0.5, 0.6) is 0 Å². The number of hydrogen-bond acceptors (Lipinski definition) is 3. The van der Waals surface area contributed by atoms with Gasteiger partial charge < -0.3 is 5.32 Å². The topological polar surface area (TPSA) is 66.5 Å². The maximum Gasteiger partial charge on any atom is 0.244 e. The quantitative estimate of drug-likeness (QED) is 0.757. The Morgan fingerprint density at radius 2 is 1.76 bits per heavy atom. The van der Waals surface area contributed by atoms with Crippen LogP contribution in [-0.4, -0.2) is 32.7 Å². The molecule has 1 amide bonds. The molecule has 1 aromatic rings. The van der Waals surface area contributed by atoms with Gasteiger partial charge in [-0.25, -0.2) is 8.42 Å². The lowest BCUT2D eigenvalue weighted by Crippen LogP contribution is -2.51. The Hall–Kier alpha value is -1.27. The van der Waals surface area contributed by atoms with E-state index in [1.54, 1.807) is 24.3 Å². The Morgan fingerprint density at radius 3 is 2.24 bits per heavy atom. The third-order valence-corrected chi connectivity index (χ3v) is 6.04. The Balaban J connectivity index is 2.23. The van der Waals surface area contributed by atoms with E-state index in [1.165, 1.54) is 17.1 Å². The Kier molecular flexibility index (Phi) is 7.14. The van der Waals surface area contributed by atoms with E-state index in [0.29, 0.717) is 17.1 Å². The van der Waals surface area contributed by atoms with Crippen LogP contribution in [-0.2, 0) is 14.8 Å². The van der Waals surface area contributed by atoms with Crippen LogP contribution >= 0.6 is 11.6 Å². The van der Waals surface area contributed by atoms with Crippen LogP contribution in [0.15, 0.2) is 24.3 Å². The van der Waals surface area contributed by atoms with Gasteiger partial charge in [-0.3, -0.25) is 9.10 Å². The number of hydrogen-bond donors (Lipinski definition) is 1. The van der Waals surface area contributed by atoms with E-state index in [9.17, 15) is 13.2 Å². The highest BCUT2D eigenvalue weighted by atomic mass is 35.5. The van der Waals surface area contributed by atoms with Crippen molar-refractivity contribution in [2.24, 2.45) is 0 Å². The largest absolute Gasteiger partial charge is 0.352 e. The molecule has 1 saturated carbocycles. The zero-order valence-electron chi connectivity index (χ0n) is 14.9. The highest BCUT2D eigenvalue weighted by Crippen LogP contribution is 2.25. The Labute approximate surface area is 155 Å². The normalized spacial score (nSPS) is 17.6. The molecule has 0 bridgehead atoms. The number of benzene rings is 1. The van der Waals surface area contributed by atoms with E-state index in [-0.39, 0.29) is 11.9 Å². The highest BCUT2D eigenvalue weighted by molar-refractivity contribution is 7.92. The molecule has 5 nitrogen and oxygen atoms in total. The van der Waals surface area contributed by atoms with Crippen molar-refractivity contribution in [3.05, 3.63) is 29.3 Å². The number of rotatable bonds is 6. The number of nitrogens with one attached hydrogen (secondary N) is 1. The summed E-state index contributed by atoms with van der Waals surface area (Å²) in [5, 5.41) is 3.59. The van der Waals surface area contributed by atoms with Gasteiger partial charge >= 0.3 is 0 Å². The first-order chi connectivity index (χ1) is 11.8. The van der Waals surface area contributed by atoms with E-state index >= 15 is 0 Å². The lowest BCUT2D eigenvalue weighted by atomic mass is 10.1. The van der Waals surface area contributed by atoms with E-state index in [0.717, 1.165) is 31.9 Å². The summed E-state index contributed by atoms with van der Waals surface area (Å²) in [7, 11) is -3.61. The van der Waals surface area contributed by atoms with Crippen LogP contribution in [0.2, 0.25) is 5.02 Å². The molecule has 0 saturated heterocycles. The second-order valence-electron chi connectivity index (χ2n) is 6.66. The van der Waals surface area contributed by atoms with Gasteiger partial charge in [0, 0.05) is 11.1 Å². The minimum absolute atomic E-state index is 0.135. The predicted octanol–water partition coefficient (Wildman–Crippen LogP) is 3.72. The van der Waals surface area contributed by atoms with Crippen molar-refractivity contribution in [1.29, 1.82) is 0 Å². The number of amides is 1. The fourth-order valence-corrected chi connectivity index (χ4v) is 4.71. The summed E-state index contributed by atoms with van der Waals surface area (Å²) in [6.07, 6.45) is 8.05. The molecule has 1 fully saturated rings. The molecule has 1 N–H and O–H groups in total. The van der Waals surface area contributed by atoms with Gasteiger partial charge in [0.25, 0.3) is 0 Å². The number of carbonyl (C=O) groups is 1. The van der Waals surface area contributed by atoms with Gasteiger partial charge in [-0.15, -0.1) is 0 Å². The molecule has 0 unspecified atom stereocenters. The minimum atomic E-state index is -3.61. The molecule has 1 aromatic carbocycles. The standard InChI is InChI=1S/C18H27ClN2O3S/c1-3-17(18(22)20-15-8-6-4-5-7-9-15)21(25(2,23)24)16-12-10-14(19)11-13-16/h10-13,15,17H,3-9H2,1-2H3,(H,20,22)/t17-/m0/s1. The van der Waals surface area contributed by atoms with Crippen molar-refractivity contribution in [2.45, 2.75) is 64.0 Å². The number of halogens is 1. The van der Waals surface area contributed by atoms with Crippen LogP contribution in [0.3, 0.4) is 0 Å². The molecule has 1 aliphatic rings. The molecule has 0 heterocycles. The molecule has 1 atom stereocenters. The van der Waals surface area contributed by atoms with Gasteiger partial charge in [0.1, 0.15) is 6.04 Å². The number of nitrogens with zero attached hydrogens (tertiary/aromatic N) is 1. The lowest BCUT2D eigenvalue weighted by molar-refractivity contribution is -0.123. The number of sulfonamides is 1. The first-order valence-corrected chi connectivity index (χ1v) is 11.1. The molecule has 2 rings (SSSR count). The molecule has 0 aliphatic heterocycles. The third-order valence-electron chi connectivity index (χ3n) is 4.61. The number of anilines is 1. The summed E-state index contributed by atoms with van der Waals surface area (Å²) >= 11 is 5.90. The predicted molar refractivity (Wildman–Crippen MR) is 102 cm³/mol. The average Bonchev–Trinajstić information content (AvgIpc) is 2.81. The molecule has 0 spiro atoms. The van der Waals surface area contributed by atoms with Gasteiger partial charge in [0.05, 0.1) is 11.9 Å². The molecule has 0 aromatic heterocycles. The smallest absolute Gasteiger partial charge is 0.244 e. The van der Waals surface area contributed by atoms with Crippen molar-refractivity contribution in [3.8, 4) is 0 Å². The molecule has 7 heteroatoms. The van der Waals surface area contributed by atoms with Crippen LogP contribution in [0.25, 0.3) is 0 Å². The van der Waals surface area contributed by atoms with Crippen LogP contribution in [0, 0.1) is 0 Å². The molecule has 25 heavy (non-hydrogen) atoms. The van der Waals surface area contributed by atoms with E-state index in [4.69, 9.17) is 11.6 Å². The minimum Gasteiger partial charge on any atom is -0.352 e. The summed E-state index contributed by atoms with van der Waals surface area (Å²) < 4.78 is 26.0. The fraction of sp³-hybridized carbons (Fsp3) is 0.611. The highest BCUT2D eigenvalue weighted by Gasteiger charge is 2.32. The summed E-state index contributed by atoms with van der Waals surface area (Å²) in [4.78, 5) is 12.8. The van der Waals surface area contributed by atoms with Crippen LogP contribution in [0.4, 0.5) is 5.69 Å². The van der Waals surface area contributed by atoms with E-state index in [2.05, 4.69) is 5.32 Å². The Morgan fingerprint density at radius 1 is 1.20 bits per heavy atom. The van der Waals surface area contributed by atoms with Crippen molar-refractivity contribution in [2.75, 3.05) is 10.6 Å². The van der Waals surface area contributed by atoms with Crippen LogP contribution in [0.1, 0.15) is 51.9 Å². The summed E-state index contributed by atoms with van der Waals surface area (Å²) in [6, 6.07) is 5.89. The monoisotopic (exact) mass is 386 g/mol. The molecular weight excluding hydrogens is 360 g/mol. The second-order valence-corrected chi connectivity index (χ2v) is 8.95. The Bertz CT molecular complexity index is 668. The molecule has 1 aliphatic carbocycles. The SMILES string of the molecule is CC[C@@H](C(=O)NC1CCCCCC1)N(c1ccc(Cl)cc1)S(C)(=O)=O. The molecule has 140 valence electrons. The zero-order valence-corrected chi connectivity index (χ0v) is 16.4. The summed E-state index contributed by atoms with van der Waals surface area (Å²) in [6.45, 7) is 1.82. The van der Waals surface area contributed by atoms with Gasteiger partial charge in [0.15, 0.2) is 0 Å². The van der Waals surface area contributed by atoms with Gasteiger partial charge in [-0.2, -0.15) is 0 Å². The molecular formula is C18H27ClN2O3S. The summed E-state index contributed by atoms with van der Waals surface area (Å²) in [5.74, 6) is -0.227. The lowest BCUT2D eigenvalue weighted by Gasteiger charge is -2.31. The first-order valence-electron chi connectivity index (χ1n) is 8.88.